The Bertz CT molecular complexity index is 232. The van der Waals surface area contributed by atoms with E-state index in [0.717, 1.165) is 6.20 Å². The van der Waals surface area contributed by atoms with Gasteiger partial charge in [0, 0.05) is 12.4 Å². The summed E-state index contributed by atoms with van der Waals surface area (Å²) in [5, 5.41) is 11.6. The van der Waals surface area contributed by atoms with Crippen molar-refractivity contribution in [3.63, 3.8) is 0 Å². The van der Waals surface area contributed by atoms with Crippen LogP contribution in [-0.4, -0.2) is 11.1 Å². The van der Waals surface area contributed by atoms with Gasteiger partial charge in [-0.1, -0.05) is 11.8 Å². The zero-order valence-corrected chi connectivity index (χ0v) is 5.75. The Balaban J connectivity index is 2.67. The van der Waals surface area contributed by atoms with Crippen molar-refractivity contribution in [3.05, 3.63) is 32.8 Å². The number of aliphatic imine (C=N–C) groups is 1. The monoisotopic (exact) mass is 156 g/mol. The van der Waals surface area contributed by atoms with Crippen LogP contribution < -0.4 is 0 Å². The number of nitrogens with zero attached hydrogens (tertiary/aromatic N) is 2. The summed E-state index contributed by atoms with van der Waals surface area (Å²) in [6, 6.07) is 0. The van der Waals surface area contributed by atoms with Crippen molar-refractivity contribution >= 4 is 18.0 Å². The molecule has 0 amide bonds. The van der Waals surface area contributed by atoms with Gasteiger partial charge in [0.15, 0.2) is 0 Å². The fourth-order valence-electron chi connectivity index (χ4n) is 0.459. The van der Waals surface area contributed by atoms with Crippen molar-refractivity contribution in [1.29, 1.82) is 0 Å². The molecule has 0 aromatic rings. The molecule has 0 radical (unpaired) electrons. The van der Waals surface area contributed by atoms with Crippen molar-refractivity contribution in [3.8, 4) is 0 Å². The van der Waals surface area contributed by atoms with Gasteiger partial charge in [-0.05, 0) is 5.41 Å². The lowest BCUT2D eigenvalue weighted by atomic mass is 10.6. The molecular weight excluding hydrogens is 152 g/mol. The standard InChI is InChI=1S/C5H4N2O2S/c8-7(9)4-5-3-6-1-2-10-5/h1-4H. The molecule has 0 unspecified atom stereocenters. The summed E-state index contributed by atoms with van der Waals surface area (Å²) >= 11 is 1.28. The summed E-state index contributed by atoms with van der Waals surface area (Å²) in [5.41, 5.74) is 0. The molecule has 1 rings (SSSR count). The molecule has 0 aromatic heterocycles. The predicted octanol–water partition coefficient (Wildman–Crippen LogP) is 1.39. The SMILES string of the molecule is O=[N+]([O-])C=C1C=NC=CS1. The number of hydrogen-bond acceptors (Lipinski definition) is 4. The van der Waals surface area contributed by atoms with Gasteiger partial charge in [0.05, 0.1) is 9.83 Å². The van der Waals surface area contributed by atoms with Crippen LogP contribution in [0.3, 0.4) is 0 Å². The third-order valence-electron chi connectivity index (χ3n) is 0.785. The Morgan fingerprint density at radius 1 is 1.80 bits per heavy atom. The Kier molecular flexibility index (Phi) is 2.22. The molecule has 0 fully saturated rings. The average Bonchev–Trinajstić information content (AvgIpc) is 1.88. The van der Waals surface area contributed by atoms with Crippen LogP contribution in [0.1, 0.15) is 0 Å². The molecule has 0 N–H and O–H groups in total. The van der Waals surface area contributed by atoms with E-state index in [1.807, 2.05) is 0 Å². The summed E-state index contributed by atoms with van der Waals surface area (Å²) in [6.07, 6.45) is 3.97. The summed E-state index contributed by atoms with van der Waals surface area (Å²) < 4.78 is 0. The molecule has 0 spiro atoms. The zero-order valence-electron chi connectivity index (χ0n) is 4.93. The van der Waals surface area contributed by atoms with Crippen LogP contribution >= 0.6 is 11.8 Å². The molecule has 5 heteroatoms. The number of thioether (sulfide) groups is 1. The van der Waals surface area contributed by atoms with Gasteiger partial charge < -0.3 is 0 Å². The molecule has 1 heterocycles. The first kappa shape index (κ1) is 7.01. The lowest BCUT2D eigenvalue weighted by Crippen LogP contribution is -1.89. The minimum atomic E-state index is -0.493. The fourth-order valence-corrected chi connectivity index (χ4v) is 1.02. The smallest absolute Gasteiger partial charge is 0.249 e. The largest absolute Gasteiger partial charge is 0.263 e. The zero-order chi connectivity index (χ0) is 7.40. The van der Waals surface area contributed by atoms with Crippen LogP contribution in [0, 0.1) is 10.1 Å². The highest BCUT2D eigenvalue weighted by Crippen LogP contribution is 2.17. The lowest BCUT2D eigenvalue weighted by Gasteiger charge is -1.94. The summed E-state index contributed by atoms with van der Waals surface area (Å²) in [4.78, 5) is 13.7. The van der Waals surface area contributed by atoms with E-state index in [2.05, 4.69) is 4.99 Å². The first-order valence-electron chi connectivity index (χ1n) is 2.49. The summed E-state index contributed by atoms with van der Waals surface area (Å²) in [7, 11) is 0. The van der Waals surface area contributed by atoms with E-state index < -0.39 is 4.92 Å². The highest BCUT2D eigenvalue weighted by molar-refractivity contribution is 8.06. The first-order valence-corrected chi connectivity index (χ1v) is 3.37. The maximum atomic E-state index is 9.90. The van der Waals surface area contributed by atoms with Gasteiger partial charge >= 0.3 is 0 Å². The van der Waals surface area contributed by atoms with Crippen molar-refractivity contribution in [2.45, 2.75) is 0 Å². The molecule has 0 saturated carbocycles. The van der Waals surface area contributed by atoms with Gasteiger partial charge in [-0.15, -0.1) is 0 Å². The van der Waals surface area contributed by atoms with Gasteiger partial charge in [0.1, 0.15) is 0 Å². The second kappa shape index (κ2) is 3.17. The summed E-state index contributed by atoms with van der Waals surface area (Å²) in [5.74, 6) is 0. The van der Waals surface area contributed by atoms with Gasteiger partial charge in [-0.3, -0.25) is 15.1 Å². The topological polar surface area (TPSA) is 55.5 Å². The van der Waals surface area contributed by atoms with Crippen LogP contribution in [0.5, 0.6) is 0 Å². The molecule has 1 aliphatic heterocycles. The second-order valence-electron chi connectivity index (χ2n) is 1.50. The molecule has 10 heavy (non-hydrogen) atoms. The number of rotatable bonds is 1. The van der Waals surface area contributed by atoms with E-state index in [1.54, 1.807) is 11.6 Å². The van der Waals surface area contributed by atoms with Crippen molar-refractivity contribution < 1.29 is 4.92 Å². The normalized spacial score (nSPS) is 19.8. The molecule has 0 atom stereocenters. The van der Waals surface area contributed by atoms with E-state index in [0.29, 0.717) is 4.91 Å². The molecule has 1 aliphatic rings. The Morgan fingerprint density at radius 2 is 2.60 bits per heavy atom. The van der Waals surface area contributed by atoms with Crippen LogP contribution in [0.4, 0.5) is 0 Å². The molecule has 52 valence electrons. The van der Waals surface area contributed by atoms with E-state index in [4.69, 9.17) is 0 Å². The third-order valence-corrected chi connectivity index (χ3v) is 1.53. The Morgan fingerprint density at radius 3 is 3.10 bits per heavy atom. The van der Waals surface area contributed by atoms with E-state index in [9.17, 15) is 10.1 Å². The van der Waals surface area contributed by atoms with Crippen molar-refractivity contribution in [1.82, 2.24) is 0 Å². The number of allylic oxidation sites excluding steroid dienone is 1. The second-order valence-corrected chi connectivity index (χ2v) is 2.48. The molecule has 0 aromatic carbocycles. The van der Waals surface area contributed by atoms with Crippen molar-refractivity contribution in [2.24, 2.45) is 4.99 Å². The van der Waals surface area contributed by atoms with Gasteiger partial charge in [0.2, 0.25) is 6.20 Å². The average molecular weight is 156 g/mol. The molecule has 0 aliphatic carbocycles. The van der Waals surface area contributed by atoms with Crippen molar-refractivity contribution in [2.75, 3.05) is 0 Å². The Hall–Kier alpha value is -1.10. The first-order chi connectivity index (χ1) is 4.79. The minimum absolute atomic E-state index is 0.493. The van der Waals surface area contributed by atoms with E-state index >= 15 is 0 Å². The fraction of sp³-hybridized carbons (Fsp3) is 0. The van der Waals surface area contributed by atoms with Gasteiger partial charge in [-0.25, -0.2) is 0 Å². The molecule has 0 saturated heterocycles. The van der Waals surface area contributed by atoms with Gasteiger partial charge in [-0.2, -0.15) is 0 Å². The van der Waals surface area contributed by atoms with E-state index in [1.165, 1.54) is 18.0 Å². The molecular formula is C5H4N2O2S. The quantitative estimate of drug-likeness (QED) is 0.426. The molecule has 0 bridgehead atoms. The van der Waals surface area contributed by atoms with Crippen LogP contribution in [0.15, 0.2) is 27.7 Å². The van der Waals surface area contributed by atoms with Gasteiger partial charge in [0.25, 0.3) is 0 Å². The highest BCUT2D eigenvalue weighted by atomic mass is 32.2. The predicted molar refractivity (Wildman–Crippen MR) is 40.3 cm³/mol. The lowest BCUT2D eigenvalue weighted by molar-refractivity contribution is -0.402. The van der Waals surface area contributed by atoms with Crippen LogP contribution in [0.25, 0.3) is 0 Å². The highest BCUT2D eigenvalue weighted by Gasteiger charge is 1.99. The maximum Gasteiger partial charge on any atom is 0.249 e. The summed E-state index contributed by atoms with van der Waals surface area (Å²) in [6.45, 7) is 0. The number of hydrogen-bond donors (Lipinski definition) is 0. The Labute approximate surface area is 61.5 Å². The van der Waals surface area contributed by atoms with E-state index in [-0.39, 0.29) is 0 Å². The number of nitro groups is 1. The maximum absolute atomic E-state index is 9.90. The third kappa shape index (κ3) is 2.02. The minimum Gasteiger partial charge on any atom is -0.263 e. The van der Waals surface area contributed by atoms with Crippen LogP contribution in [0.2, 0.25) is 0 Å². The molecule has 4 nitrogen and oxygen atoms in total. The van der Waals surface area contributed by atoms with Crippen LogP contribution in [-0.2, 0) is 0 Å².